The average Bonchev–Trinajstić information content (AvgIpc) is 2.97. The molecule has 8 heteroatoms. The third kappa shape index (κ3) is 4.78. The summed E-state index contributed by atoms with van der Waals surface area (Å²) in [6, 6.07) is 12.4. The van der Waals surface area contributed by atoms with Gasteiger partial charge < -0.3 is 25.5 Å². The van der Waals surface area contributed by atoms with Crippen molar-refractivity contribution in [1.82, 2.24) is 0 Å². The van der Waals surface area contributed by atoms with E-state index in [1.807, 2.05) is 6.07 Å². The van der Waals surface area contributed by atoms with Gasteiger partial charge in [-0.1, -0.05) is 47.1 Å². The quantitative estimate of drug-likeness (QED) is 0.414. The molecule has 0 unspecified atom stereocenters. The van der Waals surface area contributed by atoms with Crippen LogP contribution in [0.25, 0.3) is 0 Å². The van der Waals surface area contributed by atoms with Crippen LogP contribution in [-0.2, 0) is 21.7 Å². The summed E-state index contributed by atoms with van der Waals surface area (Å²) in [5.41, 5.74) is 0.787. The van der Waals surface area contributed by atoms with Crippen LogP contribution in [0.4, 0.5) is 11.4 Å². The van der Waals surface area contributed by atoms with Gasteiger partial charge >= 0.3 is 0 Å². The Labute approximate surface area is 195 Å². The van der Waals surface area contributed by atoms with Crippen molar-refractivity contribution in [3.8, 4) is 0 Å². The summed E-state index contributed by atoms with van der Waals surface area (Å²) in [7, 11) is 0. The second-order valence-electron chi connectivity index (χ2n) is 7.91. The van der Waals surface area contributed by atoms with Crippen LogP contribution in [0.5, 0.6) is 0 Å². The minimum absolute atomic E-state index is 0.00246. The number of nitrogens with zero attached hydrogens (tertiary/aromatic N) is 1. The number of hydrogen-bond donors (Lipinski definition) is 4. The number of anilines is 2. The summed E-state index contributed by atoms with van der Waals surface area (Å²) in [5.74, 6) is -1.42. The molecule has 0 radical (unpaired) electrons. The first-order valence-electron chi connectivity index (χ1n) is 10.4. The Morgan fingerprint density at radius 1 is 1.22 bits per heavy atom. The van der Waals surface area contributed by atoms with E-state index in [2.05, 4.69) is 21.2 Å². The number of benzene rings is 2. The van der Waals surface area contributed by atoms with Crippen molar-refractivity contribution in [3.63, 3.8) is 0 Å². The number of rotatable bonds is 8. The Hall–Kier alpha value is -2.52. The fraction of sp³-hybridized carbons (Fsp3) is 0.333. The number of hydrogen-bond acceptors (Lipinski definition) is 5. The molecule has 1 aliphatic rings. The highest BCUT2D eigenvalue weighted by Gasteiger charge is 2.52. The van der Waals surface area contributed by atoms with Crippen LogP contribution in [0.3, 0.4) is 0 Å². The lowest BCUT2D eigenvalue weighted by Gasteiger charge is -2.27. The molecule has 1 aliphatic heterocycles. The number of halogens is 1. The van der Waals surface area contributed by atoms with E-state index < -0.39 is 29.4 Å². The van der Waals surface area contributed by atoms with Crippen LogP contribution in [0.1, 0.15) is 31.4 Å². The van der Waals surface area contributed by atoms with E-state index in [1.54, 1.807) is 60.4 Å². The standard InChI is InChI=1S/C24H27BrN2O5/c1-15(5-3-4-12-28)24(32)20-13-18(25)8-11-21(20)27(23(24)31)14-17-6-9-19(10-7-17)26-22(30)16(2)29/h3,5-11,13,15-16,28-29,32H,4,12,14H2,1-2H3,(H,26,30)/b5-3+/t15-,16-,24+/m0/s1. The van der Waals surface area contributed by atoms with Gasteiger partial charge in [0.1, 0.15) is 6.10 Å². The fourth-order valence-corrected chi connectivity index (χ4v) is 4.07. The molecule has 0 saturated carbocycles. The van der Waals surface area contributed by atoms with Crippen LogP contribution in [0.2, 0.25) is 0 Å². The largest absolute Gasteiger partial charge is 0.396 e. The molecule has 0 bridgehead atoms. The molecular formula is C24H27BrN2O5. The van der Waals surface area contributed by atoms with Crippen molar-refractivity contribution in [2.45, 2.75) is 38.5 Å². The molecule has 32 heavy (non-hydrogen) atoms. The average molecular weight is 503 g/mol. The maximum atomic E-state index is 13.5. The van der Waals surface area contributed by atoms with Gasteiger partial charge in [-0.05, 0) is 49.2 Å². The Morgan fingerprint density at radius 2 is 1.91 bits per heavy atom. The van der Waals surface area contributed by atoms with Gasteiger partial charge in [-0.15, -0.1) is 0 Å². The summed E-state index contributed by atoms with van der Waals surface area (Å²) in [6.07, 6.45) is 2.85. The number of carbonyl (C=O) groups excluding carboxylic acids is 2. The number of amides is 2. The van der Waals surface area contributed by atoms with Crippen LogP contribution >= 0.6 is 15.9 Å². The molecule has 2 amide bonds. The topological polar surface area (TPSA) is 110 Å². The second-order valence-corrected chi connectivity index (χ2v) is 8.83. The predicted molar refractivity (Wildman–Crippen MR) is 126 cm³/mol. The van der Waals surface area contributed by atoms with Crippen LogP contribution in [0.15, 0.2) is 59.1 Å². The maximum Gasteiger partial charge on any atom is 0.264 e. The molecule has 170 valence electrons. The van der Waals surface area contributed by atoms with E-state index in [0.29, 0.717) is 23.4 Å². The molecule has 3 rings (SSSR count). The molecule has 3 atom stereocenters. The smallest absolute Gasteiger partial charge is 0.264 e. The fourth-order valence-electron chi connectivity index (χ4n) is 3.71. The highest BCUT2D eigenvalue weighted by molar-refractivity contribution is 9.10. The van der Waals surface area contributed by atoms with Crippen LogP contribution in [-0.4, -0.2) is 39.8 Å². The van der Waals surface area contributed by atoms with Gasteiger partial charge in [0.05, 0.1) is 12.2 Å². The van der Waals surface area contributed by atoms with E-state index in [-0.39, 0.29) is 13.2 Å². The molecular weight excluding hydrogens is 476 g/mol. The van der Waals surface area contributed by atoms with E-state index >= 15 is 0 Å². The summed E-state index contributed by atoms with van der Waals surface area (Å²) in [5, 5.41) is 32.5. The Morgan fingerprint density at radius 3 is 2.53 bits per heavy atom. The first-order valence-corrected chi connectivity index (χ1v) is 11.2. The molecule has 7 nitrogen and oxygen atoms in total. The minimum atomic E-state index is -1.73. The Bertz CT molecular complexity index is 1020. The van der Waals surface area contributed by atoms with E-state index in [1.165, 1.54) is 6.92 Å². The van der Waals surface area contributed by atoms with E-state index in [0.717, 1.165) is 10.0 Å². The van der Waals surface area contributed by atoms with Crippen molar-refractivity contribution in [2.75, 3.05) is 16.8 Å². The van der Waals surface area contributed by atoms with Gasteiger partial charge in [-0.25, -0.2) is 0 Å². The third-order valence-corrected chi connectivity index (χ3v) is 6.05. The highest BCUT2D eigenvalue weighted by Crippen LogP contribution is 2.46. The van der Waals surface area contributed by atoms with Gasteiger partial charge in [-0.3, -0.25) is 9.59 Å². The summed E-state index contributed by atoms with van der Waals surface area (Å²) >= 11 is 3.43. The molecule has 0 saturated heterocycles. The van der Waals surface area contributed by atoms with Gasteiger partial charge in [0.15, 0.2) is 5.60 Å². The molecule has 1 heterocycles. The van der Waals surface area contributed by atoms with Crippen molar-refractivity contribution < 1.29 is 24.9 Å². The zero-order valence-electron chi connectivity index (χ0n) is 18.0. The first kappa shape index (κ1) is 24.1. The number of carbonyl (C=O) groups is 2. The lowest BCUT2D eigenvalue weighted by atomic mass is 9.83. The first-order chi connectivity index (χ1) is 15.2. The summed E-state index contributed by atoms with van der Waals surface area (Å²) in [4.78, 5) is 26.7. The molecule has 2 aromatic rings. The normalized spacial score (nSPS) is 19.8. The predicted octanol–water partition coefficient (Wildman–Crippen LogP) is 3.08. The number of fused-ring (bicyclic) bond motifs is 1. The Kier molecular flexibility index (Phi) is 7.51. The van der Waals surface area contributed by atoms with Gasteiger partial charge in [-0.2, -0.15) is 0 Å². The SMILES string of the molecule is C[C@H](O)C(=O)Nc1ccc(CN2C(=O)[C@@](O)([C@@H](C)/C=C/CCO)c3cc(Br)ccc32)cc1. The second kappa shape index (κ2) is 9.95. The van der Waals surface area contributed by atoms with Crippen LogP contribution < -0.4 is 10.2 Å². The zero-order valence-corrected chi connectivity index (χ0v) is 19.5. The molecule has 0 spiro atoms. The lowest BCUT2D eigenvalue weighted by molar-refractivity contribution is -0.139. The summed E-state index contributed by atoms with van der Waals surface area (Å²) in [6.45, 7) is 3.41. The van der Waals surface area contributed by atoms with Crippen molar-refractivity contribution in [1.29, 1.82) is 0 Å². The minimum Gasteiger partial charge on any atom is -0.396 e. The van der Waals surface area contributed by atoms with Crippen molar-refractivity contribution in [3.05, 3.63) is 70.2 Å². The highest BCUT2D eigenvalue weighted by atomic mass is 79.9. The number of aliphatic hydroxyl groups excluding tert-OH is 2. The molecule has 0 fully saturated rings. The van der Waals surface area contributed by atoms with Gasteiger partial charge in [0.2, 0.25) is 0 Å². The van der Waals surface area contributed by atoms with Gasteiger partial charge in [0.25, 0.3) is 11.8 Å². The van der Waals surface area contributed by atoms with E-state index in [9.17, 15) is 19.8 Å². The monoisotopic (exact) mass is 502 g/mol. The molecule has 0 aromatic heterocycles. The lowest BCUT2D eigenvalue weighted by Crippen LogP contribution is -2.44. The third-order valence-electron chi connectivity index (χ3n) is 5.55. The van der Waals surface area contributed by atoms with E-state index in [4.69, 9.17) is 5.11 Å². The maximum absolute atomic E-state index is 13.5. The van der Waals surface area contributed by atoms with Crippen molar-refractivity contribution >= 4 is 39.1 Å². The molecule has 4 N–H and O–H groups in total. The molecule has 0 aliphatic carbocycles. The summed E-state index contributed by atoms with van der Waals surface area (Å²) < 4.78 is 0.758. The van der Waals surface area contributed by atoms with Gasteiger partial charge in [0, 0.05) is 28.2 Å². The number of nitrogens with one attached hydrogen (secondary N) is 1. The zero-order chi connectivity index (χ0) is 23.5. The number of aliphatic hydroxyl groups is 3. The molecule has 2 aromatic carbocycles. The van der Waals surface area contributed by atoms with Crippen LogP contribution in [0, 0.1) is 5.92 Å². The van der Waals surface area contributed by atoms with Crippen molar-refractivity contribution in [2.24, 2.45) is 5.92 Å². The Balaban J connectivity index is 1.88.